The van der Waals surface area contributed by atoms with Crippen LogP contribution in [0.4, 0.5) is 0 Å². The number of nitrogens with one attached hydrogen (secondary N) is 1. The van der Waals surface area contributed by atoms with Crippen molar-refractivity contribution >= 4 is 10.0 Å². The summed E-state index contributed by atoms with van der Waals surface area (Å²) < 4.78 is 31.6. The molecule has 6 heteroatoms. The molecule has 1 aromatic rings. The Kier molecular flexibility index (Phi) is 5.37. The van der Waals surface area contributed by atoms with Crippen LogP contribution in [0.5, 0.6) is 0 Å². The van der Waals surface area contributed by atoms with Crippen LogP contribution in [0.3, 0.4) is 0 Å². The standard InChI is InChI=1S/C12H22N2O3S/c1-5-8-14(10(2)3)18(15,16)12-7-6-11(17-12)9-13-4/h6-7,10,13H,5,8-9H2,1-4H3. The predicted octanol–water partition coefficient (Wildman–Crippen LogP) is 1.81. The van der Waals surface area contributed by atoms with Crippen molar-refractivity contribution in [3.05, 3.63) is 17.9 Å². The van der Waals surface area contributed by atoms with E-state index < -0.39 is 10.0 Å². The van der Waals surface area contributed by atoms with Crippen molar-refractivity contribution in [1.82, 2.24) is 9.62 Å². The van der Waals surface area contributed by atoms with Gasteiger partial charge in [-0.3, -0.25) is 0 Å². The number of sulfonamides is 1. The van der Waals surface area contributed by atoms with E-state index in [1.807, 2.05) is 20.8 Å². The zero-order valence-corrected chi connectivity index (χ0v) is 12.3. The molecule has 1 rings (SSSR count). The highest BCUT2D eigenvalue weighted by atomic mass is 32.2. The van der Waals surface area contributed by atoms with Crippen molar-refractivity contribution in [3.8, 4) is 0 Å². The molecule has 0 aromatic carbocycles. The van der Waals surface area contributed by atoms with Gasteiger partial charge in [0.1, 0.15) is 5.76 Å². The van der Waals surface area contributed by atoms with E-state index >= 15 is 0 Å². The summed E-state index contributed by atoms with van der Waals surface area (Å²) in [6.07, 6.45) is 0.779. The average molecular weight is 274 g/mol. The molecule has 0 amide bonds. The van der Waals surface area contributed by atoms with E-state index in [1.54, 1.807) is 13.1 Å². The second-order valence-corrected chi connectivity index (χ2v) is 6.28. The van der Waals surface area contributed by atoms with Crippen molar-refractivity contribution in [3.63, 3.8) is 0 Å². The highest BCUT2D eigenvalue weighted by molar-refractivity contribution is 7.89. The second-order valence-electron chi connectivity index (χ2n) is 4.46. The lowest BCUT2D eigenvalue weighted by atomic mass is 10.4. The number of hydrogen-bond donors (Lipinski definition) is 1. The largest absolute Gasteiger partial charge is 0.447 e. The maximum atomic E-state index is 12.4. The highest BCUT2D eigenvalue weighted by Crippen LogP contribution is 2.21. The zero-order valence-electron chi connectivity index (χ0n) is 11.4. The number of nitrogens with zero attached hydrogens (tertiary/aromatic N) is 1. The number of hydrogen-bond acceptors (Lipinski definition) is 4. The van der Waals surface area contributed by atoms with E-state index in [0.29, 0.717) is 18.8 Å². The molecule has 0 bridgehead atoms. The van der Waals surface area contributed by atoms with Gasteiger partial charge in [0.2, 0.25) is 5.09 Å². The second kappa shape index (κ2) is 6.36. The smallest absolute Gasteiger partial charge is 0.276 e. The molecule has 1 aromatic heterocycles. The van der Waals surface area contributed by atoms with Gasteiger partial charge in [-0.25, -0.2) is 8.42 Å². The fraction of sp³-hybridized carbons (Fsp3) is 0.667. The van der Waals surface area contributed by atoms with Gasteiger partial charge in [0, 0.05) is 12.6 Å². The summed E-state index contributed by atoms with van der Waals surface area (Å²) in [5.41, 5.74) is 0. The van der Waals surface area contributed by atoms with Crippen LogP contribution in [0.2, 0.25) is 0 Å². The SMILES string of the molecule is CCCN(C(C)C)S(=O)(=O)c1ccc(CNC)o1. The molecule has 0 aliphatic heterocycles. The Labute approximate surface area is 109 Å². The molecule has 0 aliphatic carbocycles. The van der Waals surface area contributed by atoms with Crippen LogP contribution in [0.1, 0.15) is 33.0 Å². The normalized spacial score (nSPS) is 12.6. The summed E-state index contributed by atoms with van der Waals surface area (Å²) >= 11 is 0. The van der Waals surface area contributed by atoms with Crippen molar-refractivity contribution in [1.29, 1.82) is 0 Å². The molecule has 0 aliphatic rings. The van der Waals surface area contributed by atoms with Gasteiger partial charge in [0.15, 0.2) is 0 Å². The van der Waals surface area contributed by atoms with E-state index in [4.69, 9.17) is 4.42 Å². The summed E-state index contributed by atoms with van der Waals surface area (Å²) in [6, 6.07) is 3.13. The molecule has 0 saturated carbocycles. The van der Waals surface area contributed by atoms with Crippen molar-refractivity contribution in [2.45, 2.75) is 44.9 Å². The van der Waals surface area contributed by atoms with Crippen LogP contribution in [0.15, 0.2) is 21.6 Å². The van der Waals surface area contributed by atoms with Crippen LogP contribution < -0.4 is 5.32 Å². The molecular formula is C12H22N2O3S. The zero-order chi connectivity index (χ0) is 13.8. The van der Waals surface area contributed by atoms with Gasteiger partial charge in [-0.15, -0.1) is 0 Å². The number of furan rings is 1. The van der Waals surface area contributed by atoms with Gasteiger partial charge in [-0.1, -0.05) is 6.92 Å². The molecule has 5 nitrogen and oxygen atoms in total. The molecule has 18 heavy (non-hydrogen) atoms. The monoisotopic (exact) mass is 274 g/mol. The first kappa shape index (κ1) is 15.2. The Hall–Kier alpha value is -0.850. The van der Waals surface area contributed by atoms with Crippen molar-refractivity contribution in [2.75, 3.05) is 13.6 Å². The highest BCUT2D eigenvalue weighted by Gasteiger charge is 2.29. The van der Waals surface area contributed by atoms with Gasteiger partial charge in [-0.05, 0) is 39.4 Å². The average Bonchev–Trinajstić information content (AvgIpc) is 2.75. The van der Waals surface area contributed by atoms with E-state index in [1.165, 1.54) is 10.4 Å². The molecule has 0 radical (unpaired) electrons. The first-order chi connectivity index (χ1) is 8.43. The molecule has 1 heterocycles. The van der Waals surface area contributed by atoms with Crippen LogP contribution >= 0.6 is 0 Å². The molecule has 0 saturated heterocycles. The minimum atomic E-state index is -3.52. The molecule has 104 valence electrons. The number of rotatable bonds is 7. The summed E-state index contributed by atoms with van der Waals surface area (Å²) in [5.74, 6) is 0.622. The fourth-order valence-electron chi connectivity index (χ4n) is 1.76. The lowest BCUT2D eigenvalue weighted by Crippen LogP contribution is -2.37. The Morgan fingerprint density at radius 3 is 2.56 bits per heavy atom. The van der Waals surface area contributed by atoms with E-state index in [9.17, 15) is 8.42 Å². The van der Waals surface area contributed by atoms with Gasteiger partial charge >= 0.3 is 0 Å². The lowest BCUT2D eigenvalue weighted by Gasteiger charge is -2.23. The van der Waals surface area contributed by atoms with Gasteiger partial charge in [0.25, 0.3) is 10.0 Å². The Morgan fingerprint density at radius 1 is 1.39 bits per heavy atom. The Bertz CT molecular complexity index is 465. The summed E-state index contributed by atoms with van der Waals surface area (Å²) in [5, 5.41) is 2.95. The topological polar surface area (TPSA) is 62.6 Å². The first-order valence-electron chi connectivity index (χ1n) is 6.18. The maximum Gasteiger partial charge on any atom is 0.276 e. The van der Waals surface area contributed by atoms with E-state index in [0.717, 1.165) is 6.42 Å². The maximum absolute atomic E-state index is 12.4. The van der Waals surface area contributed by atoms with Crippen LogP contribution in [-0.2, 0) is 16.6 Å². The quantitative estimate of drug-likeness (QED) is 0.823. The van der Waals surface area contributed by atoms with Gasteiger partial charge in [0.05, 0.1) is 6.54 Å². The molecule has 0 fully saturated rings. The molecule has 0 spiro atoms. The summed E-state index contributed by atoms with van der Waals surface area (Å²) in [4.78, 5) is 0. The predicted molar refractivity (Wildman–Crippen MR) is 70.8 cm³/mol. The van der Waals surface area contributed by atoms with Crippen molar-refractivity contribution in [2.24, 2.45) is 0 Å². The van der Waals surface area contributed by atoms with E-state index in [2.05, 4.69) is 5.32 Å². The van der Waals surface area contributed by atoms with E-state index in [-0.39, 0.29) is 11.1 Å². The molecular weight excluding hydrogens is 252 g/mol. The van der Waals surface area contributed by atoms with Crippen molar-refractivity contribution < 1.29 is 12.8 Å². The van der Waals surface area contributed by atoms with Gasteiger partial charge < -0.3 is 9.73 Å². The van der Waals surface area contributed by atoms with Gasteiger partial charge in [-0.2, -0.15) is 4.31 Å². The van der Waals surface area contributed by atoms with Crippen LogP contribution in [-0.4, -0.2) is 32.4 Å². The lowest BCUT2D eigenvalue weighted by molar-refractivity contribution is 0.330. The Balaban J connectivity index is 3.02. The minimum Gasteiger partial charge on any atom is -0.447 e. The third-order valence-corrected chi connectivity index (χ3v) is 4.52. The summed E-state index contributed by atoms with van der Waals surface area (Å²) in [7, 11) is -1.74. The minimum absolute atomic E-state index is 0.0231. The summed E-state index contributed by atoms with van der Waals surface area (Å²) in [6.45, 7) is 6.71. The molecule has 0 unspecified atom stereocenters. The Morgan fingerprint density at radius 2 is 2.06 bits per heavy atom. The molecule has 1 N–H and O–H groups in total. The third-order valence-electron chi connectivity index (χ3n) is 2.57. The van der Waals surface area contributed by atoms with Crippen LogP contribution in [0.25, 0.3) is 0 Å². The van der Waals surface area contributed by atoms with Crippen LogP contribution in [0, 0.1) is 0 Å². The molecule has 0 atom stereocenters. The first-order valence-corrected chi connectivity index (χ1v) is 7.62. The third kappa shape index (κ3) is 3.34. The fourth-order valence-corrected chi connectivity index (χ4v) is 3.42.